The molecule has 0 spiro atoms. The van der Waals surface area contributed by atoms with Crippen molar-refractivity contribution in [3.8, 4) is 0 Å². The molecule has 7 heteroatoms. The highest BCUT2D eigenvalue weighted by Gasteiger charge is 2.39. The average molecular weight is 319 g/mol. The highest BCUT2D eigenvalue weighted by Crippen LogP contribution is 2.36. The van der Waals surface area contributed by atoms with Crippen LogP contribution in [0.15, 0.2) is 18.3 Å². The van der Waals surface area contributed by atoms with Gasteiger partial charge < -0.3 is 15.7 Å². The van der Waals surface area contributed by atoms with E-state index >= 15 is 0 Å². The lowest BCUT2D eigenvalue weighted by molar-refractivity contribution is -0.150. The number of carboxylic acid groups (broad SMARTS) is 1. The minimum Gasteiger partial charge on any atom is -0.481 e. The number of pyridine rings is 1. The molecule has 1 saturated carbocycles. The topological polar surface area (TPSA) is 108 Å². The summed E-state index contributed by atoms with van der Waals surface area (Å²) in [7, 11) is 1.50. The van der Waals surface area contributed by atoms with Crippen molar-refractivity contribution in [1.29, 1.82) is 0 Å². The van der Waals surface area contributed by atoms with Crippen LogP contribution < -0.4 is 10.6 Å². The second-order valence-corrected chi connectivity index (χ2v) is 5.84. The molecule has 1 fully saturated rings. The predicted molar refractivity (Wildman–Crippen MR) is 83.1 cm³/mol. The van der Waals surface area contributed by atoms with E-state index < -0.39 is 11.4 Å². The summed E-state index contributed by atoms with van der Waals surface area (Å²) in [6.07, 6.45) is 5.24. The summed E-state index contributed by atoms with van der Waals surface area (Å²) < 4.78 is 0. The zero-order valence-corrected chi connectivity index (χ0v) is 13.1. The molecule has 0 atom stereocenters. The van der Waals surface area contributed by atoms with Crippen molar-refractivity contribution < 1.29 is 19.5 Å². The maximum absolute atomic E-state index is 12.2. The molecule has 7 nitrogen and oxygen atoms in total. The standard InChI is InChI=1S/C16H21N3O4/c1-17-14(21)12-6-5-11(9-18-12)13(20)19-10-16(15(22)23)7-3-2-4-8-16/h5-6,9H,2-4,7-8,10H2,1H3,(H,17,21)(H,19,20)(H,22,23). The quantitative estimate of drug-likeness (QED) is 0.756. The lowest BCUT2D eigenvalue weighted by Gasteiger charge is -2.33. The van der Waals surface area contributed by atoms with Gasteiger partial charge in [0.2, 0.25) is 0 Å². The number of carbonyl (C=O) groups excluding carboxylic acids is 2. The molecule has 1 aromatic rings. The summed E-state index contributed by atoms with van der Waals surface area (Å²) in [6, 6.07) is 2.96. The van der Waals surface area contributed by atoms with Crippen molar-refractivity contribution >= 4 is 17.8 Å². The molecule has 2 rings (SSSR count). The summed E-state index contributed by atoms with van der Waals surface area (Å²) in [6.45, 7) is 0.109. The largest absolute Gasteiger partial charge is 0.481 e. The van der Waals surface area contributed by atoms with E-state index in [0.29, 0.717) is 18.4 Å². The Kier molecular flexibility index (Phi) is 5.31. The fourth-order valence-electron chi connectivity index (χ4n) is 2.84. The summed E-state index contributed by atoms with van der Waals surface area (Å²) in [4.78, 5) is 39.1. The number of amides is 2. The van der Waals surface area contributed by atoms with E-state index in [1.165, 1.54) is 25.4 Å². The molecule has 124 valence electrons. The number of aromatic nitrogens is 1. The van der Waals surface area contributed by atoms with Crippen LogP contribution in [0.25, 0.3) is 0 Å². The van der Waals surface area contributed by atoms with Gasteiger partial charge in [0.25, 0.3) is 11.8 Å². The van der Waals surface area contributed by atoms with Gasteiger partial charge in [-0.3, -0.25) is 19.4 Å². The third-order valence-electron chi connectivity index (χ3n) is 4.34. The van der Waals surface area contributed by atoms with Crippen LogP contribution in [-0.4, -0.2) is 41.5 Å². The Morgan fingerprint density at radius 2 is 1.87 bits per heavy atom. The first kappa shape index (κ1) is 16.9. The van der Waals surface area contributed by atoms with Crippen molar-refractivity contribution in [3.63, 3.8) is 0 Å². The minimum atomic E-state index is -0.872. The first-order valence-electron chi connectivity index (χ1n) is 7.68. The van der Waals surface area contributed by atoms with Gasteiger partial charge in [0, 0.05) is 19.8 Å². The molecule has 23 heavy (non-hydrogen) atoms. The highest BCUT2D eigenvalue weighted by atomic mass is 16.4. The zero-order valence-electron chi connectivity index (χ0n) is 13.1. The summed E-state index contributed by atoms with van der Waals surface area (Å²) >= 11 is 0. The van der Waals surface area contributed by atoms with Crippen molar-refractivity contribution in [3.05, 3.63) is 29.6 Å². The van der Waals surface area contributed by atoms with Gasteiger partial charge in [0.15, 0.2) is 0 Å². The van der Waals surface area contributed by atoms with Crippen LogP contribution in [-0.2, 0) is 4.79 Å². The van der Waals surface area contributed by atoms with Gasteiger partial charge in [-0.1, -0.05) is 19.3 Å². The van der Waals surface area contributed by atoms with Crippen LogP contribution >= 0.6 is 0 Å². The van der Waals surface area contributed by atoms with E-state index in [9.17, 15) is 19.5 Å². The maximum Gasteiger partial charge on any atom is 0.311 e. The lowest BCUT2D eigenvalue weighted by Crippen LogP contribution is -2.44. The smallest absolute Gasteiger partial charge is 0.311 e. The normalized spacial score (nSPS) is 16.4. The summed E-state index contributed by atoms with van der Waals surface area (Å²) in [5, 5.41) is 14.6. The Hall–Kier alpha value is -2.44. The van der Waals surface area contributed by atoms with Gasteiger partial charge in [-0.25, -0.2) is 0 Å². The van der Waals surface area contributed by atoms with Crippen LogP contribution in [0, 0.1) is 5.41 Å². The first-order chi connectivity index (χ1) is 11.0. The average Bonchev–Trinajstić information content (AvgIpc) is 2.59. The molecular weight excluding hydrogens is 298 g/mol. The fourth-order valence-corrected chi connectivity index (χ4v) is 2.84. The number of carboxylic acids is 1. The number of hydrogen-bond donors (Lipinski definition) is 3. The molecule has 0 aromatic carbocycles. The van der Waals surface area contributed by atoms with E-state index in [0.717, 1.165) is 19.3 Å². The molecule has 0 radical (unpaired) electrons. The van der Waals surface area contributed by atoms with Crippen LogP contribution in [0.1, 0.15) is 53.0 Å². The third-order valence-corrected chi connectivity index (χ3v) is 4.34. The Labute approximate surface area is 134 Å². The van der Waals surface area contributed by atoms with Crippen molar-refractivity contribution in [2.45, 2.75) is 32.1 Å². The maximum atomic E-state index is 12.2. The van der Waals surface area contributed by atoms with Crippen LogP contribution in [0.2, 0.25) is 0 Å². The molecule has 0 unspecified atom stereocenters. The predicted octanol–water partition coefficient (Wildman–Crippen LogP) is 1.21. The molecular formula is C16H21N3O4. The van der Waals surface area contributed by atoms with Gasteiger partial charge in [0.05, 0.1) is 11.0 Å². The lowest BCUT2D eigenvalue weighted by atomic mass is 9.74. The van der Waals surface area contributed by atoms with E-state index in [2.05, 4.69) is 15.6 Å². The van der Waals surface area contributed by atoms with Crippen LogP contribution in [0.3, 0.4) is 0 Å². The Balaban J connectivity index is 2.01. The van der Waals surface area contributed by atoms with E-state index in [1.54, 1.807) is 0 Å². The number of hydrogen-bond acceptors (Lipinski definition) is 4. The molecule has 1 aliphatic carbocycles. The van der Waals surface area contributed by atoms with Gasteiger partial charge in [-0.15, -0.1) is 0 Å². The van der Waals surface area contributed by atoms with E-state index in [-0.39, 0.29) is 24.1 Å². The molecule has 1 aromatic heterocycles. The fraction of sp³-hybridized carbons (Fsp3) is 0.500. The Bertz CT molecular complexity index is 592. The van der Waals surface area contributed by atoms with E-state index in [4.69, 9.17) is 0 Å². The molecule has 0 bridgehead atoms. The molecule has 0 saturated heterocycles. The van der Waals surface area contributed by atoms with Crippen molar-refractivity contribution in [2.24, 2.45) is 5.41 Å². The molecule has 1 heterocycles. The first-order valence-corrected chi connectivity index (χ1v) is 7.68. The SMILES string of the molecule is CNC(=O)c1ccc(C(=O)NCC2(C(=O)O)CCCCC2)cn1. The second-order valence-electron chi connectivity index (χ2n) is 5.84. The van der Waals surface area contributed by atoms with E-state index in [1.807, 2.05) is 0 Å². The monoisotopic (exact) mass is 319 g/mol. The van der Waals surface area contributed by atoms with Crippen molar-refractivity contribution in [2.75, 3.05) is 13.6 Å². The van der Waals surface area contributed by atoms with Gasteiger partial charge in [-0.05, 0) is 25.0 Å². The highest BCUT2D eigenvalue weighted by molar-refractivity contribution is 5.96. The van der Waals surface area contributed by atoms with Crippen LogP contribution in [0.5, 0.6) is 0 Å². The Morgan fingerprint density at radius 3 is 2.39 bits per heavy atom. The minimum absolute atomic E-state index is 0.109. The molecule has 0 aliphatic heterocycles. The number of aliphatic carboxylic acids is 1. The number of carbonyl (C=O) groups is 3. The number of nitrogens with one attached hydrogen (secondary N) is 2. The molecule has 2 amide bonds. The summed E-state index contributed by atoms with van der Waals surface area (Å²) in [5.41, 5.74) is -0.351. The number of nitrogens with zero attached hydrogens (tertiary/aromatic N) is 1. The third kappa shape index (κ3) is 3.85. The van der Waals surface area contributed by atoms with Gasteiger partial charge >= 0.3 is 5.97 Å². The van der Waals surface area contributed by atoms with Crippen LogP contribution in [0.4, 0.5) is 0 Å². The number of rotatable bonds is 5. The van der Waals surface area contributed by atoms with Gasteiger partial charge in [-0.2, -0.15) is 0 Å². The Morgan fingerprint density at radius 1 is 1.17 bits per heavy atom. The second kappa shape index (κ2) is 7.21. The van der Waals surface area contributed by atoms with Gasteiger partial charge in [0.1, 0.15) is 5.69 Å². The van der Waals surface area contributed by atoms with Crippen molar-refractivity contribution in [1.82, 2.24) is 15.6 Å². The molecule has 3 N–H and O–H groups in total. The zero-order chi connectivity index (χ0) is 16.9. The molecule has 1 aliphatic rings. The summed E-state index contributed by atoms with van der Waals surface area (Å²) in [5.74, 6) is -1.57.